The van der Waals surface area contributed by atoms with Gasteiger partial charge in [0.2, 0.25) is 5.88 Å². The molecule has 76 valence electrons. The lowest BCUT2D eigenvalue weighted by Crippen LogP contribution is -2.25. The molecule has 2 rings (SSSR count). The maximum atomic E-state index is 10.8. The van der Waals surface area contributed by atoms with Crippen LogP contribution in [-0.2, 0) is 6.54 Å². The maximum absolute atomic E-state index is 10.8. The van der Waals surface area contributed by atoms with Crippen LogP contribution in [0.15, 0.2) is 6.20 Å². The zero-order valence-corrected chi connectivity index (χ0v) is 7.93. The Hall–Kier alpha value is -1.52. The van der Waals surface area contributed by atoms with Crippen molar-refractivity contribution in [3.8, 4) is 5.88 Å². The number of hydrogen-bond donors (Lipinski definition) is 1. The van der Waals surface area contributed by atoms with Crippen LogP contribution < -0.4 is 4.74 Å². The maximum Gasteiger partial charge on any atom is 0.342 e. The lowest BCUT2D eigenvalue weighted by molar-refractivity contribution is 0.0686. The van der Waals surface area contributed by atoms with Gasteiger partial charge in [-0.05, 0) is 6.42 Å². The third-order valence-corrected chi connectivity index (χ3v) is 2.49. The summed E-state index contributed by atoms with van der Waals surface area (Å²) in [7, 11) is 0. The molecule has 1 aromatic rings. The summed E-state index contributed by atoms with van der Waals surface area (Å²) < 4.78 is 7.01. The summed E-state index contributed by atoms with van der Waals surface area (Å²) in [5.41, 5.74) is 0.152. The number of ether oxygens (including phenoxy) is 1. The molecule has 0 saturated heterocycles. The second kappa shape index (κ2) is 3.32. The third kappa shape index (κ3) is 1.34. The topological polar surface area (TPSA) is 64.3 Å². The summed E-state index contributed by atoms with van der Waals surface area (Å²) in [5, 5.41) is 12.8. The highest BCUT2D eigenvalue weighted by molar-refractivity contribution is 5.90. The van der Waals surface area contributed by atoms with Gasteiger partial charge in [0.1, 0.15) is 5.56 Å². The van der Waals surface area contributed by atoms with Crippen molar-refractivity contribution in [2.75, 3.05) is 6.61 Å². The molecule has 0 aromatic carbocycles. The predicted octanol–water partition coefficient (Wildman–Crippen LogP) is 1.000. The molecular weight excluding hydrogens is 184 g/mol. The lowest BCUT2D eigenvalue weighted by Gasteiger charge is -2.23. The van der Waals surface area contributed by atoms with Gasteiger partial charge >= 0.3 is 5.97 Å². The molecule has 1 N–H and O–H groups in total. The van der Waals surface area contributed by atoms with Gasteiger partial charge in [-0.2, -0.15) is 5.10 Å². The average Bonchev–Trinajstić information content (AvgIpc) is 2.59. The summed E-state index contributed by atoms with van der Waals surface area (Å²) in [4.78, 5) is 10.8. The molecule has 0 unspecified atom stereocenters. The van der Waals surface area contributed by atoms with Gasteiger partial charge < -0.3 is 9.84 Å². The fourth-order valence-corrected chi connectivity index (χ4v) is 1.54. The quantitative estimate of drug-likeness (QED) is 0.766. The van der Waals surface area contributed by atoms with Crippen LogP contribution in [0.5, 0.6) is 5.88 Å². The monoisotopic (exact) mass is 196 g/mol. The second-order valence-corrected chi connectivity index (χ2v) is 3.44. The SMILES string of the molecule is CC[C@H]1COc2c(C(=O)O)cnn2C1. The minimum atomic E-state index is -0.985. The van der Waals surface area contributed by atoms with Crippen molar-refractivity contribution in [1.29, 1.82) is 0 Å². The number of nitrogens with zero attached hydrogens (tertiary/aromatic N) is 2. The first kappa shape index (κ1) is 9.05. The number of aromatic carboxylic acids is 1. The highest BCUT2D eigenvalue weighted by atomic mass is 16.5. The van der Waals surface area contributed by atoms with E-state index in [4.69, 9.17) is 9.84 Å². The highest BCUT2D eigenvalue weighted by Crippen LogP contribution is 2.25. The molecule has 0 radical (unpaired) electrons. The minimum Gasteiger partial charge on any atom is -0.477 e. The smallest absolute Gasteiger partial charge is 0.342 e. The van der Waals surface area contributed by atoms with Crippen molar-refractivity contribution in [2.45, 2.75) is 19.9 Å². The van der Waals surface area contributed by atoms with Crippen LogP contribution in [0.25, 0.3) is 0 Å². The van der Waals surface area contributed by atoms with Crippen molar-refractivity contribution in [1.82, 2.24) is 9.78 Å². The molecule has 0 aliphatic carbocycles. The van der Waals surface area contributed by atoms with Crippen LogP contribution in [0.4, 0.5) is 0 Å². The largest absolute Gasteiger partial charge is 0.477 e. The molecule has 1 aliphatic rings. The van der Waals surface area contributed by atoms with E-state index in [-0.39, 0.29) is 5.56 Å². The van der Waals surface area contributed by atoms with Crippen molar-refractivity contribution in [3.05, 3.63) is 11.8 Å². The van der Waals surface area contributed by atoms with Crippen LogP contribution in [0, 0.1) is 5.92 Å². The summed E-state index contributed by atoms with van der Waals surface area (Å²) in [5.74, 6) is -0.160. The van der Waals surface area contributed by atoms with E-state index < -0.39 is 5.97 Å². The molecule has 0 bridgehead atoms. The minimum absolute atomic E-state index is 0.152. The van der Waals surface area contributed by atoms with Crippen LogP contribution in [0.1, 0.15) is 23.7 Å². The van der Waals surface area contributed by atoms with Gasteiger partial charge in [0.05, 0.1) is 19.3 Å². The summed E-state index contributed by atoms with van der Waals surface area (Å²) in [6.07, 6.45) is 2.36. The van der Waals surface area contributed by atoms with Crippen LogP contribution in [-0.4, -0.2) is 27.5 Å². The number of carbonyl (C=O) groups is 1. The zero-order valence-electron chi connectivity index (χ0n) is 7.93. The van der Waals surface area contributed by atoms with Gasteiger partial charge in [-0.1, -0.05) is 6.92 Å². The first-order valence-corrected chi connectivity index (χ1v) is 4.64. The summed E-state index contributed by atoms with van der Waals surface area (Å²) >= 11 is 0. The second-order valence-electron chi connectivity index (χ2n) is 3.44. The Labute approximate surface area is 81.3 Å². The first-order chi connectivity index (χ1) is 6.72. The number of rotatable bonds is 2. The number of carboxylic acids is 1. The van der Waals surface area contributed by atoms with Gasteiger partial charge in [0.15, 0.2) is 0 Å². The predicted molar refractivity (Wildman–Crippen MR) is 48.5 cm³/mol. The lowest BCUT2D eigenvalue weighted by atomic mass is 10.1. The molecule has 5 heteroatoms. The summed E-state index contributed by atoms with van der Waals surface area (Å²) in [6, 6.07) is 0. The van der Waals surface area contributed by atoms with E-state index in [1.165, 1.54) is 6.20 Å². The third-order valence-electron chi connectivity index (χ3n) is 2.49. The molecular formula is C9H12N2O3. The van der Waals surface area contributed by atoms with Gasteiger partial charge in [0.25, 0.3) is 0 Å². The van der Waals surface area contributed by atoms with E-state index >= 15 is 0 Å². The van der Waals surface area contributed by atoms with Crippen LogP contribution in [0.2, 0.25) is 0 Å². The van der Waals surface area contributed by atoms with E-state index in [1.54, 1.807) is 4.68 Å². The Morgan fingerprint density at radius 1 is 1.86 bits per heavy atom. The van der Waals surface area contributed by atoms with E-state index in [0.29, 0.717) is 18.4 Å². The number of aromatic nitrogens is 2. The van der Waals surface area contributed by atoms with Crippen molar-refractivity contribution in [2.24, 2.45) is 5.92 Å². The molecule has 0 saturated carbocycles. The Morgan fingerprint density at radius 3 is 3.29 bits per heavy atom. The number of hydrogen-bond acceptors (Lipinski definition) is 3. The van der Waals surface area contributed by atoms with Crippen LogP contribution >= 0.6 is 0 Å². The standard InChI is InChI=1S/C9H12N2O3/c1-2-6-4-11-8(14-5-6)7(3-10-11)9(12)13/h3,6H,2,4-5H2,1H3,(H,12,13)/t6-/m1/s1. The van der Waals surface area contributed by atoms with Gasteiger partial charge in [-0.3, -0.25) is 0 Å². The van der Waals surface area contributed by atoms with E-state index in [2.05, 4.69) is 12.0 Å². The van der Waals surface area contributed by atoms with Gasteiger partial charge in [-0.15, -0.1) is 0 Å². The van der Waals surface area contributed by atoms with Crippen LogP contribution in [0.3, 0.4) is 0 Å². The summed E-state index contributed by atoms with van der Waals surface area (Å²) in [6.45, 7) is 3.42. The number of carboxylic acid groups (broad SMARTS) is 1. The Morgan fingerprint density at radius 2 is 2.64 bits per heavy atom. The van der Waals surface area contributed by atoms with E-state index in [9.17, 15) is 4.79 Å². The number of fused-ring (bicyclic) bond motifs is 1. The van der Waals surface area contributed by atoms with Crippen molar-refractivity contribution >= 4 is 5.97 Å². The first-order valence-electron chi connectivity index (χ1n) is 4.64. The molecule has 0 spiro atoms. The van der Waals surface area contributed by atoms with Gasteiger partial charge in [-0.25, -0.2) is 9.48 Å². The molecule has 2 heterocycles. The van der Waals surface area contributed by atoms with Crippen molar-refractivity contribution in [3.63, 3.8) is 0 Å². The molecule has 1 aliphatic heterocycles. The Balaban J connectivity index is 2.29. The molecule has 0 amide bonds. The van der Waals surface area contributed by atoms with E-state index in [0.717, 1.165) is 13.0 Å². The fourth-order valence-electron chi connectivity index (χ4n) is 1.54. The molecule has 0 fully saturated rings. The fraction of sp³-hybridized carbons (Fsp3) is 0.556. The average molecular weight is 196 g/mol. The Kier molecular flexibility index (Phi) is 2.15. The molecule has 14 heavy (non-hydrogen) atoms. The normalized spacial score (nSPS) is 19.9. The van der Waals surface area contributed by atoms with E-state index in [1.807, 2.05) is 0 Å². The van der Waals surface area contributed by atoms with Gasteiger partial charge in [0, 0.05) is 5.92 Å². The zero-order chi connectivity index (χ0) is 10.1. The molecule has 1 atom stereocenters. The molecule has 1 aromatic heterocycles. The molecule has 5 nitrogen and oxygen atoms in total. The highest BCUT2D eigenvalue weighted by Gasteiger charge is 2.24. The Bertz CT molecular complexity index is 359. The van der Waals surface area contributed by atoms with Crippen molar-refractivity contribution < 1.29 is 14.6 Å².